The summed E-state index contributed by atoms with van der Waals surface area (Å²) in [5.41, 5.74) is 4.61. The smallest absolute Gasteiger partial charge is 0.253 e. The van der Waals surface area contributed by atoms with Gasteiger partial charge >= 0.3 is 0 Å². The average Bonchev–Trinajstić information content (AvgIpc) is 3.20. The Hall–Kier alpha value is -5.80. The van der Waals surface area contributed by atoms with Crippen molar-refractivity contribution in [2.45, 2.75) is 39.3 Å². The quantitative estimate of drug-likeness (QED) is 0.118. The molecule has 276 valence electrons. The lowest BCUT2D eigenvalue weighted by molar-refractivity contribution is 0.0628. The van der Waals surface area contributed by atoms with E-state index in [1.54, 1.807) is 12.1 Å². The largest absolute Gasteiger partial charge is 0.493 e. The van der Waals surface area contributed by atoms with Crippen LogP contribution in [0, 0.1) is 11.6 Å². The summed E-state index contributed by atoms with van der Waals surface area (Å²) in [5.74, 6) is 0.952. The molecule has 0 radical (unpaired) electrons. The Kier molecular flexibility index (Phi) is 11.4. The molecule has 1 aromatic heterocycles. The highest BCUT2D eigenvalue weighted by Crippen LogP contribution is 2.27. The van der Waals surface area contributed by atoms with Crippen molar-refractivity contribution in [1.29, 1.82) is 0 Å². The summed E-state index contributed by atoms with van der Waals surface area (Å²) in [6, 6.07) is 35.8. The van der Waals surface area contributed by atoms with Crippen molar-refractivity contribution in [2.75, 3.05) is 32.8 Å². The Morgan fingerprint density at radius 3 is 2.19 bits per heavy atom. The molecule has 1 aliphatic heterocycles. The van der Waals surface area contributed by atoms with Crippen molar-refractivity contribution in [3.63, 3.8) is 0 Å². The fourth-order valence-electron chi connectivity index (χ4n) is 6.47. The number of piperazine rings is 1. The molecule has 54 heavy (non-hydrogen) atoms. The highest BCUT2D eigenvalue weighted by Gasteiger charge is 2.22. The Balaban J connectivity index is 0.857. The van der Waals surface area contributed by atoms with Crippen molar-refractivity contribution < 1.29 is 27.8 Å². The minimum Gasteiger partial charge on any atom is -0.493 e. The fourth-order valence-corrected chi connectivity index (χ4v) is 6.47. The molecule has 1 fully saturated rings. The molecule has 0 saturated carbocycles. The van der Waals surface area contributed by atoms with E-state index in [2.05, 4.69) is 60.1 Å². The number of halogens is 2. The Bertz CT molecular complexity index is 2180. The van der Waals surface area contributed by atoms with Crippen LogP contribution in [0.2, 0.25) is 0 Å². The first-order valence-corrected chi connectivity index (χ1v) is 18.3. The third-order valence-corrected chi connectivity index (χ3v) is 9.71. The topological polar surface area (TPSA) is 64.1 Å². The Morgan fingerprint density at radius 2 is 1.44 bits per heavy atom. The van der Waals surface area contributed by atoms with Gasteiger partial charge in [0.2, 0.25) is 5.88 Å². The van der Waals surface area contributed by atoms with Gasteiger partial charge in [0, 0.05) is 56.3 Å². The molecule has 0 atom stereocenters. The lowest BCUT2D eigenvalue weighted by Gasteiger charge is -2.35. The minimum absolute atomic E-state index is 0.0333. The van der Waals surface area contributed by atoms with Gasteiger partial charge in [-0.1, -0.05) is 74.5 Å². The Labute approximate surface area is 314 Å². The van der Waals surface area contributed by atoms with Gasteiger partial charge < -0.3 is 19.1 Å². The normalized spacial score (nSPS) is 13.3. The summed E-state index contributed by atoms with van der Waals surface area (Å²) in [5, 5.41) is 1.87. The van der Waals surface area contributed by atoms with Crippen LogP contribution >= 0.6 is 0 Å². The molecule has 2 heterocycles. The Morgan fingerprint density at radius 1 is 0.741 bits per heavy atom. The number of benzene rings is 5. The molecular weight excluding hydrogens is 685 g/mol. The molecule has 1 aliphatic rings. The number of rotatable bonds is 13. The van der Waals surface area contributed by atoms with Gasteiger partial charge in [-0.3, -0.25) is 9.69 Å². The maximum atomic E-state index is 13.9. The lowest BCUT2D eigenvalue weighted by Crippen LogP contribution is -2.48. The highest BCUT2D eigenvalue weighted by atomic mass is 19.2. The summed E-state index contributed by atoms with van der Waals surface area (Å²) >= 11 is 0. The van der Waals surface area contributed by atoms with E-state index in [0.717, 1.165) is 48.6 Å². The first-order valence-electron chi connectivity index (χ1n) is 18.3. The molecule has 0 N–H and O–H groups in total. The molecule has 0 spiro atoms. The number of hydrogen-bond donors (Lipinski definition) is 0. The standard InChI is InChI=1S/C45H43F2N3O4/c1-31(2)34-12-15-39(16-13-34)52-25-20-32-6-8-33(9-7-32)29-49-21-23-50(24-22-49)45(51)37-11-10-36-27-40(17-14-35(36)26-37)54-43-19-18-41(28-48-43)53-30-38-4-3-5-42(46)44(38)47/h3-19,26-28,31H,20-25,29-30H2,1-2H3. The molecule has 1 amide bonds. The maximum Gasteiger partial charge on any atom is 0.253 e. The molecule has 7 rings (SSSR count). The predicted molar refractivity (Wildman–Crippen MR) is 206 cm³/mol. The number of aromatic nitrogens is 1. The van der Waals surface area contributed by atoms with E-state index in [9.17, 15) is 13.6 Å². The number of pyridine rings is 1. The maximum absolute atomic E-state index is 13.9. The summed E-state index contributed by atoms with van der Waals surface area (Å²) < 4.78 is 44.8. The molecule has 0 bridgehead atoms. The molecular formula is C45H43F2N3O4. The monoisotopic (exact) mass is 727 g/mol. The van der Waals surface area contributed by atoms with Crippen LogP contribution < -0.4 is 14.2 Å². The van der Waals surface area contributed by atoms with Crippen molar-refractivity contribution in [1.82, 2.24) is 14.8 Å². The number of carbonyl (C=O) groups excluding carboxylic acids is 1. The third kappa shape index (κ3) is 9.22. The predicted octanol–water partition coefficient (Wildman–Crippen LogP) is 9.59. The van der Waals surface area contributed by atoms with Gasteiger partial charge in [0.05, 0.1) is 12.8 Å². The number of amides is 1. The van der Waals surface area contributed by atoms with Gasteiger partial charge in [0.25, 0.3) is 5.91 Å². The lowest BCUT2D eigenvalue weighted by atomic mass is 10.0. The second-order valence-electron chi connectivity index (χ2n) is 13.9. The van der Waals surface area contributed by atoms with Crippen LogP contribution in [0.1, 0.15) is 52.4 Å². The van der Waals surface area contributed by atoms with Gasteiger partial charge in [-0.25, -0.2) is 13.8 Å². The van der Waals surface area contributed by atoms with Crippen LogP contribution in [0.15, 0.2) is 121 Å². The van der Waals surface area contributed by atoms with E-state index in [4.69, 9.17) is 14.2 Å². The van der Waals surface area contributed by atoms with E-state index in [1.165, 1.54) is 35.0 Å². The second-order valence-corrected chi connectivity index (χ2v) is 13.9. The zero-order valence-electron chi connectivity index (χ0n) is 30.5. The first-order chi connectivity index (χ1) is 26.3. The first kappa shape index (κ1) is 36.6. The number of fused-ring (bicyclic) bond motifs is 1. The van der Waals surface area contributed by atoms with E-state index in [-0.39, 0.29) is 18.1 Å². The number of nitrogens with zero attached hydrogens (tertiary/aromatic N) is 3. The van der Waals surface area contributed by atoms with Crippen LogP contribution in [0.4, 0.5) is 8.78 Å². The van der Waals surface area contributed by atoms with Gasteiger partial charge in [-0.15, -0.1) is 0 Å². The van der Waals surface area contributed by atoms with Crippen molar-refractivity contribution >= 4 is 16.7 Å². The summed E-state index contributed by atoms with van der Waals surface area (Å²) in [4.78, 5) is 22.1. The fraction of sp³-hybridized carbons (Fsp3) is 0.244. The van der Waals surface area contributed by atoms with E-state index >= 15 is 0 Å². The van der Waals surface area contributed by atoms with Crippen LogP contribution in [-0.2, 0) is 19.6 Å². The van der Waals surface area contributed by atoms with Gasteiger partial charge in [-0.2, -0.15) is 0 Å². The number of hydrogen-bond acceptors (Lipinski definition) is 6. The van der Waals surface area contributed by atoms with Gasteiger partial charge in [0.15, 0.2) is 11.6 Å². The van der Waals surface area contributed by atoms with E-state index in [1.807, 2.05) is 53.4 Å². The third-order valence-electron chi connectivity index (χ3n) is 9.71. The molecule has 6 aromatic rings. The summed E-state index contributed by atoms with van der Waals surface area (Å²) in [6.45, 7) is 8.74. The molecule has 0 unspecified atom stereocenters. The molecule has 0 aliphatic carbocycles. The summed E-state index contributed by atoms with van der Waals surface area (Å²) in [7, 11) is 0. The van der Waals surface area contributed by atoms with Gasteiger partial charge in [-0.05, 0) is 81.9 Å². The molecule has 1 saturated heterocycles. The van der Waals surface area contributed by atoms with Crippen molar-refractivity contribution in [3.8, 4) is 23.1 Å². The van der Waals surface area contributed by atoms with Crippen molar-refractivity contribution in [2.24, 2.45) is 0 Å². The average molecular weight is 728 g/mol. The molecule has 9 heteroatoms. The highest BCUT2D eigenvalue weighted by molar-refractivity contribution is 5.99. The van der Waals surface area contributed by atoms with Crippen LogP contribution in [0.5, 0.6) is 23.1 Å². The summed E-state index contributed by atoms with van der Waals surface area (Å²) in [6.07, 6.45) is 2.32. The minimum atomic E-state index is -0.924. The van der Waals surface area contributed by atoms with Gasteiger partial charge in [0.1, 0.15) is 23.9 Å². The van der Waals surface area contributed by atoms with Crippen LogP contribution in [-0.4, -0.2) is 53.5 Å². The second kappa shape index (κ2) is 16.9. The van der Waals surface area contributed by atoms with E-state index < -0.39 is 11.6 Å². The zero-order chi connectivity index (χ0) is 37.4. The van der Waals surface area contributed by atoms with Crippen molar-refractivity contribution in [3.05, 3.63) is 161 Å². The number of carbonyl (C=O) groups is 1. The molecule has 7 nitrogen and oxygen atoms in total. The zero-order valence-corrected chi connectivity index (χ0v) is 30.5. The van der Waals surface area contributed by atoms with Crippen LogP contribution in [0.3, 0.4) is 0 Å². The van der Waals surface area contributed by atoms with E-state index in [0.29, 0.717) is 48.6 Å². The SMILES string of the molecule is CC(C)c1ccc(OCCc2ccc(CN3CCN(C(=O)c4ccc5cc(Oc6ccc(OCc7cccc(F)c7F)cn6)ccc5c4)CC3)cc2)cc1. The van der Waals surface area contributed by atoms with Crippen LogP contribution in [0.25, 0.3) is 10.8 Å². The number of ether oxygens (including phenoxy) is 3. The molecule has 5 aromatic carbocycles.